The zero-order chi connectivity index (χ0) is 8.27. The molecular formula is C10H10O. The smallest absolute Gasteiger partial charge is 0.118 e. The number of aryl methyl sites for hydroxylation is 1. The predicted octanol–water partition coefficient (Wildman–Crippen LogP) is 2.07. The maximum Gasteiger partial charge on any atom is 0.118 e. The Balaban J connectivity index is 3.12. The number of hydrogen-bond donors (Lipinski definition) is 1. The second-order valence-corrected chi connectivity index (χ2v) is 2.38. The van der Waals surface area contributed by atoms with Crippen LogP contribution in [-0.2, 0) is 0 Å². The Morgan fingerprint density at radius 3 is 2.64 bits per heavy atom. The molecule has 0 amide bonds. The van der Waals surface area contributed by atoms with Gasteiger partial charge in [-0.3, -0.25) is 0 Å². The summed E-state index contributed by atoms with van der Waals surface area (Å²) in [5.41, 5.74) is 1.81. The van der Waals surface area contributed by atoms with E-state index in [0.29, 0.717) is 5.75 Å². The van der Waals surface area contributed by atoms with E-state index in [-0.39, 0.29) is 0 Å². The van der Waals surface area contributed by atoms with Gasteiger partial charge in [-0.25, -0.2) is 0 Å². The van der Waals surface area contributed by atoms with Crippen molar-refractivity contribution in [2.75, 3.05) is 0 Å². The van der Waals surface area contributed by atoms with Gasteiger partial charge in [0.25, 0.3) is 0 Å². The lowest BCUT2D eigenvalue weighted by Gasteiger charge is -1.96. The fourth-order valence-corrected chi connectivity index (χ4v) is 0.878. The van der Waals surface area contributed by atoms with E-state index >= 15 is 0 Å². The van der Waals surface area contributed by atoms with Gasteiger partial charge in [-0.1, -0.05) is 5.92 Å². The molecule has 0 aliphatic carbocycles. The van der Waals surface area contributed by atoms with Gasteiger partial charge in [-0.15, -0.1) is 5.92 Å². The molecule has 1 N–H and O–H groups in total. The Kier molecular flexibility index (Phi) is 2.18. The molecule has 0 aliphatic heterocycles. The van der Waals surface area contributed by atoms with E-state index in [9.17, 15) is 0 Å². The lowest BCUT2D eigenvalue weighted by atomic mass is 10.1. The van der Waals surface area contributed by atoms with E-state index in [1.54, 1.807) is 19.1 Å². The standard InChI is InChI=1S/C10H10O/c1-3-4-9-5-6-10(11)8(2)7-9/h5-7,11H,1-2H3. The highest BCUT2D eigenvalue weighted by atomic mass is 16.3. The van der Waals surface area contributed by atoms with E-state index in [2.05, 4.69) is 11.8 Å². The molecule has 1 heteroatoms. The van der Waals surface area contributed by atoms with Gasteiger partial charge < -0.3 is 5.11 Å². The normalized spacial score (nSPS) is 8.55. The van der Waals surface area contributed by atoms with Crippen molar-refractivity contribution in [3.63, 3.8) is 0 Å². The topological polar surface area (TPSA) is 20.2 Å². The number of phenolic OH excluding ortho intramolecular Hbond substituents is 1. The fraction of sp³-hybridized carbons (Fsp3) is 0.200. The van der Waals surface area contributed by atoms with Crippen LogP contribution < -0.4 is 0 Å². The third-order valence-electron chi connectivity index (χ3n) is 1.47. The van der Waals surface area contributed by atoms with E-state index in [1.807, 2.05) is 13.0 Å². The van der Waals surface area contributed by atoms with E-state index in [0.717, 1.165) is 11.1 Å². The summed E-state index contributed by atoms with van der Waals surface area (Å²) in [6.45, 7) is 3.65. The highest BCUT2D eigenvalue weighted by Crippen LogP contribution is 2.15. The first kappa shape index (κ1) is 7.68. The molecule has 0 atom stereocenters. The average Bonchev–Trinajstić information content (AvgIpc) is 1.98. The van der Waals surface area contributed by atoms with Crippen molar-refractivity contribution in [1.29, 1.82) is 0 Å². The van der Waals surface area contributed by atoms with Crippen LogP contribution in [0.15, 0.2) is 18.2 Å². The van der Waals surface area contributed by atoms with Crippen molar-refractivity contribution in [3.05, 3.63) is 29.3 Å². The minimum atomic E-state index is 0.326. The number of hydrogen-bond acceptors (Lipinski definition) is 1. The van der Waals surface area contributed by atoms with Gasteiger partial charge in [0.05, 0.1) is 0 Å². The summed E-state index contributed by atoms with van der Waals surface area (Å²) >= 11 is 0. The van der Waals surface area contributed by atoms with Crippen LogP contribution in [0, 0.1) is 18.8 Å². The highest BCUT2D eigenvalue weighted by Gasteiger charge is 1.93. The number of benzene rings is 1. The van der Waals surface area contributed by atoms with Gasteiger partial charge in [0.1, 0.15) is 5.75 Å². The largest absolute Gasteiger partial charge is 0.508 e. The first-order chi connectivity index (χ1) is 5.24. The summed E-state index contributed by atoms with van der Waals surface area (Å²) in [7, 11) is 0. The third kappa shape index (κ3) is 1.75. The van der Waals surface area contributed by atoms with Crippen LogP contribution in [0.5, 0.6) is 5.75 Å². The molecular weight excluding hydrogens is 136 g/mol. The lowest BCUT2D eigenvalue weighted by molar-refractivity contribution is 0.471. The Morgan fingerprint density at radius 2 is 2.09 bits per heavy atom. The maximum absolute atomic E-state index is 9.16. The molecule has 0 saturated heterocycles. The van der Waals surface area contributed by atoms with Crippen LogP contribution >= 0.6 is 0 Å². The van der Waals surface area contributed by atoms with Crippen LogP contribution in [-0.4, -0.2) is 5.11 Å². The summed E-state index contributed by atoms with van der Waals surface area (Å²) < 4.78 is 0. The van der Waals surface area contributed by atoms with Crippen molar-refractivity contribution in [2.24, 2.45) is 0 Å². The first-order valence-electron chi connectivity index (χ1n) is 3.46. The van der Waals surface area contributed by atoms with E-state index in [4.69, 9.17) is 5.11 Å². The fourth-order valence-electron chi connectivity index (χ4n) is 0.878. The van der Waals surface area contributed by atoms with E-state index in [1.165, 1.54) is 0 Å². The molecule has 0 fully saturated rings. The lowest BCUT2D eigenvalue weighted by Crippen LogP contribution is -1.77. The maximum atomic E-state index is 9.16. The van der Waals surface area contributed by atoms with Crippen LogP contribution in [0.25, 0.3) is 0 Å². The van der Waals surface area contributed by atoms with E-state index < -0.39 is 0 Å². The molecule has 0 saturated carbocycles. The zero-order valence-electron chi connectivity index (χ0n) is 6.68. The molecule has 0 spiro atoms. The van der Waals surface area contributed by atoms with Gasteiger partial charge >= 0.3 is 0 Å². The van der Waals surface area contributed by atoms with Gasteiger partial charge in [0.2, 0.25) is 0 Å². The van der Waals surface area contributed by atoms with Crippen LogP contribution in [0.4, 0.5) is 0 Å². The molecule has 0 radical (unpaired) electrons. The van der Waals surface area contributed by atoms with Gasteiger partial charge in [-0.05, 0) is 37.6 Å². The molecule has 11 heavy (non-hydrogen) atoms. The van der Waals surface area contributed by atoms with Crippen molar-refractivity contribution in [2.45, 2.75) is 13.8 Å². The Morgan fingerprint density at radius 1 is 1.36 bits per heavy atom. The Bertz CT molecular complexity index is 315. The second-order valence-electron chi connectivity index (χ2n) is 2.38. The molecule has 0 unspecified atom stereocenters. The quantitative estimate of drug-likeness (QED) is 0.555. The summed E-state index contributed by atoms with van der Waals surface area (Å²) in [5, 5.41) is 9.16. The third-order valence-corrected chi connectivity index (χ3v) is 1.47. The SMILES string of the molecule is CC#Cc1ccc(O)c(C)c1. The molecule has 1 nitrogen and oxygen atoms in total. The minimum absolute atomic E-state index is 0.326. The van der Waals surface area contributed by atoms with Crippen molar-refractivity contribution in [3.8, 4) is 17.6 Å². The summed E-state index contributed by atoms with van der Waals surface area (Å²) in [6, 6.07) is 5.33. The second kappa shape index (κ2) is 3.12. The van der Waals surface area contributed by atoms with Crippen LogP contribution in [0.3, 0.4) is 0 Å². The molecule has 0 bridgehead atoms. The molecule has 0 heterocycles. The highest BCUT2D eigenvalue weighted by molar-refractivity contribution is 5.42. The number of rotatable bonds is 0. The Hall–Kier alpha value is -1.42. The number of phenols is 1. The Labute approximate surface area is 66.7 Å². The van der Waals surface area contributed by atoms with Gasteiger partial charge in [0.15, 0.2) is 0 Å². The summed E-state index contributed by atoms with van der Waals surface area (Å²) in [5.74, 6) is 6.04. The number of aromatic hydroxyl groups is 1. The molecule has 0 aromatic heterocycles. The van der Waals surface area contributed by atoms with Gasteiger partial charge in [-0.2, -0.15) is 0 Å². The molecule has 1 rings (SSSR count). The molecule has 0 aliphatic rings. The summed E-state index contributed by atoms with van der Waals surface area (Å²) in [4.78, 5) is 0. The monoisotopic (exact) mass is 146 g/mol. The first-order valence-corrected chi connectivity index (χ1v) is 3.46. The predicted molar refractivity (Wildman–Crippen MR) is 45.4 cm³/mol. The van der Waals surface area contributed by atoms with Crippen LogP contribution in [0.2, 0.25) is 0 Å². The van der Waals surface area contributed by atoms with Gasteiger partial charge in [0, 0.05) is 5.56 Å². The van der Waals surface area contributed by atoms with Crippen molar-refractivity contribution in [1.82, 2.24) is 0 Å². The van der Waals surface area contributed by atoms with Crippen molar-refractivity contribution >= 4 is 0 Å². The molecule has 1 aromatic carbocycles. The zero-order valence-corrected chi connectivity index (χ0v) is 6.68. The molecule has 1 aromatic rings. The summed E-state index contributed by atoms with van der Waals surface area (Å²) in [6.07, 6.45) is 0. The average molecular weight is 146 g/mol. The molecule has 56 valence electrons. The van der Waals surface area contributed by atoms with Crippen LogP contribution in [0.1, 0.15) is 18.1 Å². The minimum Gasteiger partial charge on any atom is -0.508 e. The van der Waals surface area contributed by atoms with Crippen molar-refractivity contribution < 1.29 is 5.11 Å².